The average Bonchev–Trinajstić information content (AvgIpc) is 2.26. The van der Waals surface area contributed by atoms with Crippen LogP contribution in [-0.4, -0.2) is 20.2 Å². The minimum absolute atomic E-state index is 0.174. The van der Waals surface area contributed by atoms with E-state index in [1.807, 2.05) is 13.0 Å². The molecule has 0 fully saturated rings. The molecule has 15 heavy (non-hydrogen) atoms. The van der Waals surface area contributed by atoms with Crippen LogP contribution in [0.1, 0.15) is 21.5 Å². The van der Waals surface area contributed by atoms with E-state index >= 15 is 0 Å². The number of esters is 1. The molecule has 0 radical (unpaired) electrons. The Hall–Kier alpha value is -2.02. The maximum Gasteiger partial charge on any atom is 0.343 e. The van der Waals surface area contributed by atoms with Gasteiger partial charge in [-0.2, -0.15) is 5.26 Å². The second-order valence-corrected chi connectivity index (χ2v) is 2.99. The van der Waals surface area contributed by atoms with Gasteiger partial charge in [-0.1, -0.05) is 0 Å². The van der Waals surface area contributed by atoms with Gasteiger partial charge in [-0.05, 0) is 24.6 Å². The van der Waals surface area contributed by atoms with E-state index in [2.05, 4.69) is 4.74 Å². The van der Waals surface area contributed by atoms with Crippen LogP contribution in [0.25, 0.3) is 0 Å². The van der Waals surface area contributed by atoms with Crippen molar-refractivity contribution in [2.75, 3.05) is 14.2 Å². The summed E-state index contributed by atoms with van der Waals surface area (Å²) in [5, 5.41) is 8.89. The van der Waals surface area contributed by atoms with Crippen LogP contribution in [0.2, 0.25) is 0 Å². The van der Waals surface area contributed by atoms with E-state index in [9.17, 15) is 4.79 Å². The molecular formula is C11H11NO3. The monoisotopic (exact) mass is 205 g/mol. The Bertz CT molecular complexity index is 432. The van der Waals surface area contributed by atoms with Gasteiger partial charge in [0.2, 0.25) is 0 Å². The molecule has 0 saturated heterocycles. The largest absolute Gasteiger partial charge is 0.496 e. The number of nitriles is 1. The predicted octanol–water partition coefficient (Wildman–Crippen LogP) is 1.66. The summed E-state index contributed by atoms with van der Waals surface area (Å²) in [4.78, 5) is 11.4. The zero-order valence-corrected chi connectivity index (χ0v) is 8.83. The van der Waals surface area contributed by atoms with Crippen LogP contribution in [0.4, 0.5) is 0 Å². The summed E-state index contributed by atoms with van der Waals surface area (Å²) in [6.07, 6.45) is 0. The molecule has 0 spiro atoms. The number of hydrogen-bond acceptors (Lipinski definition) is 4. The molecule has 0 aliphatic heterocycles. The molecule has 1 aromatic carbocycles. The van der Waals surface area contributed by atoms with E-state index < -0.39 is 5.97 Å². The molecule has 0 heterocycles. The highest BCUT2D eigenvalue weighted by Gasteiger charge is 2.18. The lowest BCUT2D eigenvalue weighted by Gasteiger charge is -2.09. The minimum atomic E-state index is -0.566. The molecule has 78 valence electrons. The van der Waals surface area contributed by atoms with Crippen molar-refractivity contribution in [3.8, 4) is 11.8 Å². The van der Waals surface area contributed by atoms with Gasteiger partial charge >= 0.3 is 5.97 Å². The Morgan fingerprint density at radius 3 is 2.53 bits per heavy atom. The van der Waals surface area contributed by atoms with Gasteiger partial charge in [0, 0.05) is 0 Å². The Kier molecular flexibility index (Phi) is 3.29. The minimum Gasteiger partial charge on any atom is -0.496 e. The quantitative estimate of drug-likeness (QED) is 0.689. The molecule has 4 heteroatoms. The van der Waals surface area contributed by atoms with E-state index in [1.54, 1.807) is 12.1 Å². The Morgan fingerprint density at radius 1 is 1.40 bits per heavy atom. The summed E-state index contributed by atoms with van der Waals surface area (Å²) in [5.41, 5.74) is 1.29. The summed E-state index contributed by atoms with van der Waals surface area (Å²) in [5.74, 6) is -0.207. The van der Waals surface area contributed by atoms with E-state index in [0.29, 0.717) is 5.75 Å². The van der Waals surface area contributed by atoms with Crippen molar-refractivity contribution in [1.29, 1.82) is 5.26 Å². The number of methoxy groups -OCH3 is 2. The number of ether oxygens (including phenoxy) is 2. The number of aryl methyl sites for hydroxylation is 1. The number of carbonyl (C=O) groups excluding carboxylic acids is 1. The van der Waals surface area contributed by atoms with Crippen LogP contribution in [0.3, 0.4) is 0 Å². The topological polar surface area (TPSA) is 59.3 Å². The second-order valence-electron chi connectivity index (χ2n) is 2.99. The average molecular weight is 205 g/mol. The smallest absolute Gasteiger partial charge is 0.343 e. The van der Waals surface area contributed by atoms with Gasteiger partial charge in [0.05, 0.1) is 19.8 Å². The summed E-state index contributed by atoms with van der Waals surface area (Å²) in [6.45, 7) is 1.82. The summed E-state index contributed by atoms with van der Waals surface area (Å²) in [7, 11) is 2.71. The van der Waals surface area contributed by atoms with Crippen LogP contribution in [0.5, 0.6) is 5.75 Å². The number of benzene rings is 1. The first-order chi connectivity index (χ1) is 7.13. The van der Waals surface area contributed by atoms with Gasteiger partial charge in [0.25, 0.3) is 0 Å². The highest BCUT2D eigenvalue weighted by molar-refractivity contribution is 5.95. The van der Waals surface area contributed by atoms with Crippen LogP contribution in [0, 0.1) is 18.3 Å². The van der Waals surface area contributed by atoms with E-state index in [-0.39, 0.29) is 11.1 Å². The number of nitrogens with zero attached hydrogens (tertiary/aromatic N) is 1. The van der Waals surface area contributed by atoms with Gasteiger partial charge in [0.15, 0.2) is 0 Å². The maximum atomic E-state index is 11.4. The Morgan fingerprint density at radius 2 is 2.07 bits per heavy atom. The van der Waals surface area contributed by atoms with E-state index in [0.717, 1.165) is 5.56 Å². The SMILES string of the molecule is COC(=O)c1c(C#N)cc(C)cc1OC. The number of hydrogen-bond donors (Lipinski definition) is 0. The van der Waals surface area contributed by atoms with Crippen molar-refractivity contribution in [3.05, 3.63) is 28.8 Å². The van der Waals surface area contributed by atoms with Crippen molar-refractivity contribution in [2.24, 2.45) is 0 Å². The zero-order chi connectivity index (χ0) is 11.4. The molecule has 0 atom stereocenters. The first-order valence-corrected chi connectivity index (χ1v) is 4.31. The summed E-state index contributed by atoms with van der Waals surface area (Å²) >= 11 is 0. The van der Waals surface area contributed by atoms with Gasteiger partial charge in [-0.25, -0.2) is 4.79 Å². The number of rotatable bonds is 2. The third kappa shape index (κ3) is 2.08. The lowest BCUT2D eigenvalue weighted by Crippen LogP contribution is -2.07. The first-order valence-electron chi connectivity index (χ1n) is 4.31. The van der Waals surface area contributed by atoms with Crippen molar-refractivity contribution < 1.29 is 14.3 Å². The number of carbonyl (C=O) groups is 1. The molecule has 0 aromatic heterocycles. The first kappa shape index (κ1) is 11.1. The highest BCUT2D eigenvalue weighted by atomic mass is 16.5. The van der Waals surface area contributed by atoms with E-state index in [4.69, 9.17) is 10.00 Å². The van der Waals surface area contributed by atoms with Gasteiger partial charge < -0.3 is 9.47 Å². The molecule has 0 aliphatic rings. The molecule has 0 amide bonds. The van der Waals surface area contributed by atoms with Crippen molar-refractivity contribution in [2.45, 2.75) is 6.92 Å². The van der Waals surface area contributed by atoms with Crippen LogP contribution in [-0.2, 0) is 4.74 Å². The molecular weight excluding hydrogens is 194 g/mol. The van der Waals surface area contributed by atoms with Crippen molar-refractivity contribution >= 4 is 5.97 Å². The summed E-state index contributed by atoms with van der Waals surface area (Å²) in [6, 6.07) is 5.25. The zero-order valence-electron chi connectivity index (χ0n) is 8.83. The molecule has 0 unspecified atom stereocenters. The predicted molar refractivity (Wildman–Crippen MR) is 53.8 cm³/mol. The molecule has 1 aromatic rings. The molecule has 4 nitrogen and oxygen atoms in total. The standard InChI is InChI=1S/C11H11NO3/c1-7-4-8(6-12)10(11(13)15-3)9(5-7)14-2/h4-5H,1-3H3. The van der Waals surface area contributed by atoms with E-state index in [1.165, 1.54) is 14.2 Å². The lowest BCUT2D eigenvalue weighted by molar-refractivity contribution is 0.0596. The fourth-order valence-electron chi connectivity index (χ4n) is 1.31. The highest BCUT2D eigenvalue weighted by Crippen LogP contribution is 2.24. The molecule has 0 saturated carbocycles. The fourth-order valence-corrected chi connectivity index (χ4v) is 1.31. The Labute approximate surface area is 88.0 Å². The van der Waals surface area contributed by atoms with Crippen molar-refractivity contribution in [1.82, 2.24) is 0 Å². The van der Waals surface area contributed by atoms with Gasteiger partial charge in [-0.15, -0.1) is 0 Å². The third-order valence-electron chi connectivity index (χ3n) is 1.98. The van der Waals surface area contributed by atoms with Gasteiger partial charge in [-0.3, -0.25) is 0 Å². The second kappa shape index (κ2) is 4.47. The molecule has 0 N–H and O–H groups in total. The fraction of sp³-hybridized carbons (Fsp3) is 0.273. The molecule has 0 aliphatic carbocycles. The maximum absolute atomic E-state index is 11.4. The normalized spacial score (nSPS) is 9.20. The van der Waals surface area contributed by atoms with Crippen molar-refractivity contribution in [3.63, 3.8) is 0 Å². The van der Waals surface area contributed by atoms with Gasteiger partial charge in [0.1, 0.15) is 17.4 Å². The van der Waals surface area contributed by atoms with Crippen LogP contribution in [0.15, 0.2) is 12.1 Å². The van der Waals surface area contributed by atoms with Crippen LogP contribution >= 0.6 is 0 Å². The Balaban J connectivity index is 3.45. The third-order valence-corrected chi connectivity index (χ3v) is 1.98. The summed E-state index contributed by atoms with van der Waals surface area (Å²) < 4.78 is 9.63. The van der Waals surface area contributed by atoms with Crippen LogP contribution < -0.4 is 4.74 Å². The lowest BCUT2D eigenvalue weighted by atomic mass is 10.0. The molecule has 1 rings (SSSR count). The molecule has 0 bridgehead atoms.